The Bertz CT molecular complexity index is 211. The van der Waals surface area contributed by atoms with Crippen molar-refractivity contribution in [2.75, 3.05) is 6.54 Å². The van der Waals surface area contributed by atoms with Crippen LogP contribution >= 0.6 is 0 Å². The Kier molecular flexibility index (Phi) is 3.36. The molecule has 1 saturated heterocycles. The molecule has 0 saturated carbocycles. The molecule has 2 atom stereocenters. The van der Waals surface area contributed by atoms with Crippen LogP contribution in [0, 0.1) is 5.92 Å². The summed E-state index contributed by atoms with van der Waals surface area (Å²) in [7, 11) is 0. The predicted octanol–water partition coefficient (Wildman–Crippen LogP) is 0.792. The van der Waals surface area contributed by atoms with Gasteiger partial charge in [0.2, 0.25) is 5.91 Å². The van der Waals surface area contributed by atoms with Crippen molar-refractivity contribution < 1.29 is 18.0 Å². The highest BCUT2D eigenvalue weighted by Gasteiger charge is 2.44. The summed E-state index contributed by atoms with van der Waals surface area (Å²) < 4.78 is 36.9. The van der Waals surface area contributed by atoms with E-state index in [1.807, 2.05) is 0 Å². The Morgan fingerprint density at radius 3 is 2.57 bits per heavy atom. The fourth-order valence-corrected chi connectivity index (χ4v) is 1.65. The third-order valence-corrected chi connectivity index (χ3v) is 2.42. The molecule has 6 heteroatoms. The molecule has 2 unspecified atom stereocenters. The molecule has 0 spiro atoms. The number of nitrogens with one attached hydrogen (secondary N) is 1. The summed E-state index contributed by atoms with van der Waals surface area (Å²) in [5.74, 6) is -3.30. The van der Waals surface area contributed by atoms with Crippen LogP contribution in [0.15, 0.2) is 0 Å². The topological polar surface area (TPSA) is 55.1 Å². The fourth-order valence-electron chi connectivity index (χ4n) is 1.65. The van der Waals surface area contributed by atoms with Gasteiger partial charge in [-0.05, 0) is 25.8 Å². The van der Waals surface area contributed by atoms with Gasteiger partial charge in [0, 0.05) is 6.04 Å². The average Bonchev–Trinajstić information content (AvgIpc) is 2.48. The molecule has 1 rings (SSSR count). The molecule has 0 bridgehead atoms. The van der Waals surface area contributed by atoms with Crippen LogP contribution in [0.5, 0.6) is 0 Å². The molecule has 1 heterocycles. The van der Waals surface area contributed by atoms with Crippen LogP contribution in [0.1, 0.15) is 19.3 Å². The first-order valence-corrected chi connectivity index (χ1v) is 4.50. The monoisotopic (exact) mass is 210 g/mol. The van der Waals surface area contributed by atoms with Gasteiger partial charge in [0.15, 0.2) is 0 Å². The van der Waals surface area contributed by atoms with Crippen molar-refractivity contribution >= 4 is 5.91 Å². The number of halogens is 3. The normalized spacial score (nSPS) is 24.9. The van der Waals surface area contributed by atoms with E-state index in [9.17, 15) is 18.0 Å². The summed E-state index contributed by atoms with van der Waals surface area (Å²) in [4.78, 5) is 10.6. The molecular weight excluding hydrogens is 197 g/mol. The highest BCUT2D eigenvalue weighted by atomic mass is 19.4. The van der Waals surface area contributed by atoms with Gasteiger partial charge in [-0.2, -0.15) is 13.2 Å². The van der Waals surface area contributed by atoms with E-state index in [2.05, 4.69) is 5.32 Å². The van der Waals surface area contributed by atoms with Crippen molar-refractivity contribution in [1.82, 2.24) is 5.32 Å². The van der Waals surface area contributed by atoms with Crippen molar-refractivity contribution in [2.45, 2.75) is 31.5 Å². The molecule has 14 heavy (non-hydrogen) atoms. The third-order valence-electron chi connectivity index (χ3n) is 2.42. The van der Waals surface area contributed by atoms with Gasteiger partial charge in [-0.3, -0.25) is 4.79 Å². The predicted molar refractivity (Wildman–Crippen MR) is 44.4 cm³/mol. The summed E-state index contributed by atoms with van der Waals surface area (Å²) >= 11 is 0. The van der Waals surface area contributed by atoms with Crippen LogP contribution in [0.2, 0.25) is 0 Å². The van der Waals surface area contributed by atoms with Crippen LogP contribution in [0.3, 0.4) is 0 Å². The van der Waals surface area contributed by atoms with Crippen molar-refractivity contribution in [1.29, 1.82) is 0 Å². The lowest BCUT2D eigenvalue weighted by molar-refractivity contribution is -0.183. The van der Waals surface area contributed by atoms with Gasteiger partial charge >= 0.3 is 6.18 Å². The molecule has 0 aromatic heterocycles. The highest BCUT2D eigenvalue weighted by molar-refractivity contribution is 5.77. The summed E-state index contributed by atoms with van der Waals surface area (Å²) in [6.07, 6.45) is -3.22. The van der Waals surface area contributed by atoms with Crippen LogP contribution in [-0.2, 0) is 4.79 Å². The third kappa shape index (κ3) is 2.87. The fraction of sp³-hybridized carbons (Fsp3) is 0.875. The molecule has 3 nitrogen and oxygen atoms in total. The molecule has 1 amide bonds. The minimum absolute atomic E-state index is 0.228. The molecule has 1 aliphatic rings. The first kappa shape index (κ1) is 11.3. The maximum atomic E-state index is 12.3. The van der Waals surface area contributed by atoms with E-state index in [0.717, 1.165) is 6.42 Å². The number of hydrogen-bond acceptors (Lipinski definition) is 2. The average molecular weight is 210 g/mol. The van der Waals surface area contributed by atoms with Gasteiger partial charge in [-0.15, -0.1) is 0 Å². The van der Waals surface area contributed by atoms with Gasteiger partial charge in [0.25, 0.3) is 0 Å². The van der Waals surface area contributed by atoms with E-state index >= 15 is 0 Å². The van der Waals surface area contributed by atoms with Gasteiger partial charge < -0.3 is 11.1 Å². The zero-order valence-corrected chi connectivity index (χ0v) is 7.60. The summed E-state index contributed by atoms with van der Waals surface area (Å²) in [5.41, 5.74) is 4.71. The van der Waals surface area contributed by atoms with Crippen molar-refractivity contribution in [3.8, 4) is 0 Å². The number of nitrogens with two attached hydrogens (primary N) is 1. The van der Waals surface area contributed by atoms with E-state index < -0.39 is 18.0 Å². The van der Waals surface area contributed by atoms with Gasteiger partial charge in [0.05, 0.1) is 0 Å². The zero-order chi connectivity index (χ0) is 10.8. The lowest BCUT2D eigenvalue weighted by Gasteiger charge is -2.20. The minimum atomic E-state index is -4.52. The van der Waals surface area contributed by atoms with Gasteiger partial charge in [-0.1, -0.05) is 0 Å². The first-order chi connectivity index (χ1) is 6.41. The number of primary amides is 1. The molecule has 0 aromatic rings. The lowest BCUT2D eigenvalue weighted by Crippen LogP contribution is -2.40. The number of carbonyl (C=O) groups is 1. The lowest BCUT2D eigenvalue weighted by atomic mass is 9.98. The van der Waals surface area contributed by atoms with E-state index in [0.29, 0.717) is 13.0 Å². The molecule has 0 aromatic carbocycles. The second-order valence-corrected chi connectivity index (χ2v) is 3.53. The van der Waals surface area contributed by atoms with Crippen LogP contribution in [-0.4, -0.2) is 24.7 Å². The van der Waals surface area contributed by atoms with Gasteiger partial charge in [0.1, 0.15) is 5.92 Å². The van der Waals surface area contributed by atoms with E-state index in [4.69, 9.17) is 5.73 Å². The van der Waals surface area contributed by atoms with Crippen LogP contribution in [0.25, 0.3) is 0 Å². The molecule has 0 radical (unpaired) electrons. The summed E-state index contributed by atoms with van der Waals surface area (Å²) in [6.45, 7) is 0.716. The zero-order valence-electron chi connectivity index (χ0n) is 7.60. The van der Waals surface area contributed by atoms with E-state index in [1.54, 1.807) is 0 Å². The number of hydrogen-bond donors (Lipinski definition) is 2. The highest BCUT2D eigenvalue weighted by Crippen LogP contribution is 2.30. The summed E-state index contributed by atoms with van der Waals surface area (Å²) in [6, 6.07) is -0.228. The quantitative estimate of drug-likeness (QED) is 0.723. The SMILES string of the molecule is NC(=O)C(CC1CCCN1)C(F)(F)F. The Hall–Kier alpha value is -0.780. The standard InChI is InChI=1S/C8H13F3N2O/c9-8(10,11)6(7(12)14)4-5-2-1-3-13-5/h5-6,13H,1-4H2,(H2,12,14). The van der Waals surface area contributed by atoms with Crippen molar-refractivity contribution in [3.63, 3.8) is 0 Å². The largest absolute Gasteiger partial charge is 0.400 e. The van der Waals surface area contributed by atoms with Crippen molar-refractivity contribution in [2.24, 2.45) is 11.7 Å². The van der Waals surface area contributed by atoms with Crippen LogP contribution in [0.4, 0.5) is 13.2 Å². The molecule has 3 N–H and O–H groups in total. The Labute approximate surface area is 79.8 Å². The Balaban J connectivity index is 2.55. The molecule has 1 aliphatic heterocycles. The minimum Gasteiger partial charge on any atom is -0.369 e. The number of rotatable bonds is 3. The van der Waals surface area contributed by atoms with Crippen LogP contribution < -0.4 is 11.1 Å². The number of carbonyl (C=O) groups excluding carboxylic acids is 1. The second kappa shape index (κ2) is 4.16. The smallest absolute Gasteiger partial charge is 0.369 e. The number of amides is 1. The van der Waals surface area contributed by atoms with Gasteiger partial charge in [-0.25, -0.2) is 0 Å². The summed E-state index contributed by atoms with van der Waals surface area (Å²) in [5, 5.41) is 2.91. The van der Waals surface area contributed by atoms with Crippen molar-refractivity contribution in [3.05, 3.63) is 0 Å². The van der Waals surface area contributed by atoms with E-state index in [-0.39, 0.29) is 12.5 Å². The molecule has 1 fully saturated rings. The Morgan fingerprint density at radius 2 is 2.21 bits per heavy atom. The number of alkyl halides is 3. The second-order valence-electron chi connectivity index (χ2n) is 3.53. The van der Waals surface area contributed by atoms with E-state index in [1.165, 1.54) is 0 Å². The molecule has 0 aliphatic carbocycles. The Morgan fingerprint density at radius 1 is 1.57 bits per heavy atom. The maximum Gasteiger partial charge on any atom is 0.400 e. The first-order valence-electron chi connectivity index (χ1n) is 4.50. The molecule has 82 valence electrons. The molecular formula is C8H13F3N2O. The maximum absolute atomic E-state index is 12.3.